The molecule has 0 bridgehead atoms. The monoisotopic (exact) mass is 324 g/mol. The maximum absolute atomic E-state index is 12.2. The summed E-state index contributed by atoms with van der Waals surface area (Å²) in [5.74, 6) is -1.65. The number of hydrogen-bond acceptors (Lipinski definition) is 5. The van der Waals surface area contributed by atoms with Crippen LogP contribution in [-0.2, 0) is 20.9 Å². The van der Waals surface area contributed by atoms with E-state index in [9.17, 15) is 14.4 Å². The van der Waals surface area contributed by atoms with E-state index in [0.717, 1.165) is 4.90 Å². The molecule has 0 atom stereocenters. The summed E-state index contributed by atoms with van der Waals surface area (Å²) in [6.07, 6.45) is 0. The number of anilines is 1. The van der Waals surface area contributed by atoms with Gasteiger partial charge in [0.15, 0.2) is 5.82 Å². The molecule has 0 saturated carbocycles. The molecule has 0 aliphatic carbocycles. The van der Waals surface area contributed by atoms with Crippen molar-refractivity contribution in [2.45, 2.75) is 13.5 Å². The fourth-order valence-corrected chi connectivity index (χ4v) is 1.86. The number of halogens is 1. The fraction of sp³-hybridized carbons (Fsp3) is 0.231. The van der Waals surface area contributed by atoms with Crippen LogP contribution >= 0.6 is 11.6 Å². The van der Waals surface area contributed by atoms with Gasteiger partial charge < -0.3 is 4.74 Å². The van der Waals surface area contributed by atoms with E-state index in [1.165, 1.54) is 0 Å². The molecule has 0 aliphatic rings. The third kappa shape index (κ3) is 3.73. The number of hydrogen-bond donors (Lipinski definition) is 2. The first-order valence-corrected chi connectivity index (χ1v) is 6.76. The molecule has 9 heteroatoms. The molecule has 0 fully saturated rings. The molecule has 0 radical (unpaired) electrons. The van der Waals surface area contributed by atoms with Crippen LogP contribution in [0.15, 0.2) is 29.1 Å². The Morgan fingerprint density at radius 2 is 2.00 bits per heavy atom. The minimum Gasteiger partial charge on any atom is -0.459 e. The summed E-state index contributed by atoms with van der Waals surface area (Å²) in [5, 5.41) is 6.40. The smallest absolute Gasteiger partial charge is 0.397 e. The fourth-order valence-electron chi connectivity index (χ4n) is 1.73. The van der Waals surface area contributed by atoms with Crippen molar-refractivity contribution in [3.05, 3.63) is 45.6 Å². The third-order valence-electron chi connectivity index (χ3n) is 2.69. The van der Waals surface area contributed by atoms with Crippen LogP contribution in [0.3, 0.4) is 0 Å². The highest BCUT2D eigenvalue weighted by atomic mass is 35.5. The lowest BCUT2D eigenvalue weighted by molar-refractivity contribution is -0.153. The zero-order valence-electron chi connectivity index (χ0n) is 11.6. The number of amides is 1. The molecule has 116 valence electrons. The van der Waals surface area contributed by atoms with Crippen LogP contribution in [0.1, 0.15) is 12.7 Å². The molecule has 1 heterocycles. The Morgan fingerprint density at radius 3 is 2.55 bits per heavy atom. The summed E-state index contributed by atoms with van der Waals surface area (Å²) >= 11 is 5.81. The first-order valence-electron chi connectivity index (χ1n) is 6.39. The van der Waals surface area contributed by atoms with Crippen LogP contribution in [-0.4, -0.2) is 33.7 Å². The van der Waals surface area contributed by atoms with E-state index in [2.05, 4.69) is 15.2 Å². The van der Waals surface area contributed by atoms with Gasteiger partial charge in [0.25, 0.3) is 0 Å². The molecular weight excluding hydrogens is 312 g/mol. The van der Waals surface area contributed by atoms with Gasteiger partial charge in [-0.15, -0.1) is 0 Å². The van der Waals surface area contributed by atoms with E-state index in [1.54, 1.807) is 31.2 Å². The molecule has 8 nitrogen and oxygen atoms in total. The number of nitrogens with one attached hydrogen (secondary N) is 2. The van der Waals surface area contributed by atoms with E-state index in [-0.39, 0.29) is 19.0 Å². The van der Waals surface area contributed by atoms with Gasteiger partial charge in [-0.3, -0.25) is 14.7 Å². The number of aromatic amines is 2. The van der Waals surface area contributed by atoms with Crippen molar-refractivity contribution in [1.29, 1.82) is 0 Å². The van der Waals surface area contributed by atoms with Crippen molar-refractivity contribution in [2.75, 3.05) is 11.5 Å². The standard InChI is InChI=1S/C13H13ClN4O4/c1-2-22-12(20)11(19)18(7-10-15-13(21)17-16-10)9-5-3-8(14)4-6-9/h3-6H,2,7H2,1H3,(H2,15,16,17,21). The van der Waals surface area contributed by atoms with E-state index in [1.807, 2.05) is 0 Å². The average molecular weight is 325 g/mol. The highest BCUT2D eigenvalue weighted by molar-refractivity contribution is 6.38. The van der Waals surface area contributed by atoms with Gasteiger partial charge in [-0.05, 0) is 31.2 Å². The molecular formula is C13H13ClN4O4. The number of carbonyl (C=O) groups is 2. The summed E-state index contributed by atoms with van der Waals surface area (Å²) in [6, 6.07) is 6.31. The molecule has 2 aromatic rings. The normalized spacial score (nSPS) is 10.3. The number of aromatic nitrogens is 3. The Labute approximate surface area is 130 Å². The summed E-state index contributed by atoms with van der Waals surface area (Å²) < 4.78 is 4.72. The summed E-state index contributed by atoms with van der Waals surface area (Å²) in [6.45, 7) is 1.58. The maximum Gasteiger partial charge on any atom is 0.397 e. The van der Waals surface area contributed by atoms with Gasteiger partial charge in [-0.1, -0.05) is 11.6 Å². The van der Waals surface area contributed by atoms with Crippen LogP contribution in [0.2, 0.25) is 5.02 Å². The second kappa shape index (κ2) is 6.90. The highest BCUT2D eigenvalue weighted by Crippen LogP contribution is 2.19. The molecule has 1 aromatic carbocycles. The van der Waals surface area contributed by atoms with Gasteiger partial charge in [0.1, 0.15) is 0 Å². The van der Waals surface area contributed by atoms with E-state index in [4.69, 9.17) is 16.3 Å². The summed E-state index contributed by atoms with van der Waals surface area (Å²) in [5.41, 5.74) is -0.0825. The quantitative estimate of drug-likeness (QED) is 0.640. The lowest BCUT2D eigenvalue weighted by Crippen LogP contribution is -2.37. The van der Waals surface area contributed by atoms with Gasteiger partial charge in [-0.25, -0.2) is 14.7 Å². The minimum atomic E-state index is -0.990. The van der Waals surface area contributed by atoms with Gasteiger partial charge in [0.05, 0.1) is 13.2 Å². The van der Waals surface area contributed by atoms with Crippen LogP contribution in [0.4, 0.5) is 5.69 Å². The Bertz CT molecular complexity index is 722. The van der Waals surface area contributed by atoms with Gasteiger partial charge >= 0.3 is 17.6 Å². The first-order chi connectivity index (χ1) is 10.5. The predicted octanol–water partition coefficient (Wildman–Crippen LogP) is 0.848. The largest absolute Gasteiger partial charge is 0.459 e. The number of esters is 1. The Kier molecular flexibility index (Phi) is 4.95. The molecule has 2 rings (SSSR count). The summed E-state index contributed by atoms with van der Waals surface area (Å²) in [7, 11) is 0. The molecule has 1 aromatic heterocycles. The van der Waals surface area contributed by atoms with Gasteiger partial charge in [0, 0.05) is 10.7 Å². The Hall–Kier alpha value is -2.61. The molecule has 1 amide bonds. The van der Waals surface area contributed by atoms with Crippen LogP contribution in [0, 0.1) is 0 Å². The zero-order chi connectivity index (χ0) is 16.1. The lowest BCUT2D eigenvalue weighted by atomic mass is 10.2. The highest BCUT2D eigenvalue weighted by Gasteiger charge is 2.25. The van der Waals surface area contributed by atoms with Crippen molar-refractivity contribution in [3.63, 3.8) is 0 Å². The van der Waals surface area contributed by atoms with Crippen molar-refractivity contribution >= 4 is 29.2 Å². The Morgan fingerprint density at radius 1 is 1.32 bits per heavy atom. The van der Waals surface area contributed by atoms with Crippen LogP contribution < -0.4 is 10.6 Å². The minimum absolute atomic E-state index is 0.0816. The molecule has 0 aliphatic heterocycles. The van der Waals surface area contributed by atoms with Crippen molar-refractivity contribution < 1.29 is 14.3 Å². The third-order valence-corrected chi connectivity index (χ3v) is 2.94. The molecule has 0 spiro atoms. The van der Waals surface area contributed by atoms with Crippen LogP contribution in [0.25, 0.3) is 0 Å². The number of rotatable bonds is 4. The predicted molar refractivity (Wildman–Crippen MR) is 78.5 cm³/mol. The summed E-state index contributed by atoms with van der Waals surface area (Å²) in [4.78, 5) is 38.5. The van der Waals surface area contributed by atoms with E-state index in [0.29, 0.717) is 10.7 Å². The van der Waals surface area contributed by atoms with Crippen molar-refractivity contribution in [1.82, 2.24) is 15.2 Å². The van der Waals surface area contributed by atoms with Crippen molar-refractivity contribution in [2.24, 2.45) is 0 Å². The lowest BCUT2D eigenvalue weighted by Gasteiger charge is -2.20. The topological polar surface area (TPSA) is 108 Å². The van der Waals surface area contributed by atoms with Crippen LogP contribution in [0.5, 0.6) is 0 Å². The second-order valence-electron chi connectivity index (χ2n) is 4.21. The molecule has 22 heavy (non-hydrogen) atoms. The number of carbonyl (C=O) groups excluding carboxylic acids is 2. The molecule has 0 saturated heterocycles. The Balaban J connectivity index is 2.31. The van der Waals surface area contributed by atoms with Gasteiger partial charge in [0.2, 0.25) is 0 Å². The molecule has 0 unspecified atom stereocenters. The van der Waals surface area contributed by atoms with E-state index < -0.39 is 17.6 Å². The number of ether oxygens (including phenoxy) is 1. The zero-order valence-corrected chi connectivity index (χ0v) is 12.4. The SMILES string of the molecule is CCOC(=O)C(=O)N(Cc1n[nH]c(=O)[nH]1)c1ccc(Cl)cc1. The maximum atomic E-state index is 12.2. The number of H-pyrrole nitrogens is 2. The van der Waals surface area contributed by atoms with Gasteiger partial charge in [-0.2, -0.15) is 5.10 Å². The van der Waals surface area contributed by atoms with E-state index >= 15 is 0 Å². The first kappa shape index (κ1) is 15.8. The molecule has 2 N–H and O–H groups in total. The van der Waals surface area contributed by atoms with Crippen molar-refractivity contribution in [3.8, 4) is 0 Å². The number of nitrogens with zero attached hydrogens (tertiary/aromatic N) is 2. The number of benzene rings is 1. The average Bonchev–Trinajstić information content (AvgIpc) is 2.91. The second-order valence-corrected chi connectivity index (χ2v) is 4.65.